The van der Waals surface area contributed by atoms with Gasteiger partial charge in [-0.3, -0.25) is 9.69 Å². The number of carbonyl (C=O) groups excluding carboxylic acids is 1. The predicted octanol–water partition coefficient (Wildman–Crippen LogP) is 0.525. The highest BCUT2D eigenvalue weighted by Crippen LogP contribution is 2.17. The summed E-state index contributed by atoms with van der Waals surface area (Å²) in [5.74, 6) is 2.37. The monoisotopic (exact) mass is 259 g/mol. The third kappa shape index (κ3) is 5.27. The van der Waals surface area contributed by atoms with Crippen LogP contribution < -0.4 is 11.1 Å². The van der Waals surface area contributed by atoms with Gasteiger partial charge in [0.25, 0.3) is 0 Å². The molecule has 4 nitrogen and oxygen atoms in total. The zero-order chi connectivity index (χ0) is 12.9. The Balaban J connectivity index is 2.19. The van der Waals surface area contributed by atoms with Crippen LogP contribution >= 0.6 is 11.8 Å². The first kappa shape index (κ1) is 14.8. The van der Waals surface area contributed by atoms with Crippen LogP contribution in [0.1, 0.15) is 20.8 Å². The van der Waals surface area contributed by atoms with Crippen molar-refractivity contribution in [3.63, 3.8) is 0 Å². The summed E-state index contributed by atoms with van der Waals surface area (Å²) in [4.78, 5) is 14.2. The van der Waals surface area contributed by atoms with Crippen molar-refractivity contribution in [2.45, 2.75) is 26.8 Å². The molecule has 0 aromatic heterocycles. The largest absolute Gasteiger partial charge is 0.353 e. The smallest absolute Gasteiger partial charge is 0.237 e. The first-order chi connectivity index (χ1) is 7.91. The summed E-state index contributed by atoms with van der Waals surface area (Å²) in [6, 6.07) is -0.431. The molecule has 100 valence electrons. The molecular formula is C12H25N3OS. The lowest BCUT2D eigenvalue weighted by Crippen LogP contribution is -2.50. The maximum atomic E-state index is 11.8. The number of hydrogen-bond acceptors (Lipinski definition) is 4. The molecule has 17 heavy (non-hydrogen) atoms. The van der Waals surface area contributed by atoms with Crippen LogP contribution in [0.5, 0.6) is 0 Å². The van der Waals surface area contributed by atoms with Gasteiger partial charge in [0.05, 0.1) is 6.04 Å². The second kappa shape index (κ2) is 6.61. The second-order valence-corrected chi connectivity index (χ2v) is 6.81. The Morgan fingerprint density at radius 2 is 2.00 bits per heavy atom. The molecule has 1 rings (SSSR count). The zero-order valence-electron chi connectivity index (χ0n) is 11.2. The standard InChI is InChI=1S/C12H25N3OS/c1-12(2,3)10(13)11(16)14-4-5-15-6-8-17-9-7-15/h10H,4-9,13H2,1-3H3,(H,14,16)/t10-/m0/s1. The van der Waals surface area contributed by atoms with Crippen molar-refractivity contribution >= 4 is 17.7 Å². The molecule has 1 aliphatic heterocycles. The third-order valence-electron chi connectivity index (χ3n) is 3.05. The lowest BCUT2D eigenvalue weighted by Gasteiger charge is -2.28. The topological polar surface area (TPSA) is 58.4 Å². The van der Waals surface area contributed by atoms with Crippen molar-refractivity contribution in [3.05, 3.63) is 0 Å². The highest BCUT2D eigenvalue weighted by atomic mass is 32.2. The van der Waals surface area contributed by atoms with Crippen LogP contribution in [0.4, 0.5) is 0 Å². The van der Waals surface area contributed by atoms with Crippen LogP contribution in [0, 0.1) is 5.41 Å². The number of rotatable bonds is 4. The van der Waals surface area contributed by atoms with E-state index in [1.54, 1.807) is 0 Å². The summed E-state index contributed by atoms with van der Waals surface area (Å²) < 4.78 is 0. The van der Waals surface area contributed by atoms with E-state index < -0.39 is 6.04 Å². The Labute approximate surface area is 109 Å². The minimum Gasteiger partial charge on any atom is -0.353 e. The second-order valence-electron chi connectivity index (χ2n) is 5.59. The van der Waals surface area contributed by atoms with Gasteiger partial charge >= 0.3 is 0 Å². The molecule has 1 heterocycles. The molecule has 1 fully saturated rings. The molecule has 1 atom stereocenters. The van der Waals surface area contributed by atoms with Gasteiger partial charge in [-0.25, -0.2) is 0 Å². The van der Waals surface area contributed by atoms with E-state index in [4.69, 9.17) is 5.73 Å². The lowest BCUT2D eigenvalue weighted by molar-refractivity contribution is -0.124. The van der Waals surface area contributed by atoms with Crippen LogP contribution in [0.15, 0.2) is 0 Å². The molecule has 0 saturated carbocycles. The zero-order valence-corrected chi connectivity index (χ0v) is 12.0. The molecule has 5 heteroatoms. The molecule has 0 spiro atoms. The van der Waals surface area contributed by atoms with E-state index in [1.165, 1.54) is 11.5 Å². The number of amides is 1. The normalized spacial score (nSPS) is 20.0. The van der Waals surface area contributed by atoms with Crippen LogP contribution in [0.2, 0.25) is 0 Å². The summed E-state index contributed by atoms with van der Waals surface area (Å²) in [5, 5.41) is 2.92. The first-order valence-electron chi connectivity index (χ1n) is 6.24. The molecule has 0 radical (unpaired) electrons. The van der Waals surface area contributed by atoms with Crippen molar-refractivity contribution in [3.8, 4) is 0 Å². The quantitative estimate of drug-likeness (QED) is 0.773. The van der Waals surface area contributed by atoms with Gasteiger partial charge in [-0.05, 0) is 5.41 Å². The minimum absolute atomic E-state index is 0.0381. The van der Waals surface area contributed by atoms with E-state index in [-0.39, 0.29) is 11.3 Å². The van der Waals surface area contributed by atoms with Gasteiger partial charge in [-0.15, -0.1) is 0 Å². The van der Waals surface area contributed by atoms with E-state index in [1.807, 2.05) is 32.5 Å². The van der Waals surface area contributed by atoms with Crippen molar-refractivity contribution < 1.29 is 4.79 Å². The van der Waals surface area contributed by atoms with Gasteiger partial charge in [0.15, 0.2) is 0 Å². The summed E-state index contributed by atoms with van der Waals surface area (Å²) in [5.41, 5.74) is 5.71. The van der Waals surface area contributed by atoms with Crippen LogP contribution in [0.3, 0.4) is 0 Å². The van der Waals surface area contributed by atoms with E-state index >= 15 is 0 Å². The average molecular weight is 259 g/mol. The Bertz CT molecular complexity index is 247. The van der Waals surface area contributed by atoms with Gasteiger partial charge in [-0.2, -0.15) is 11.8 Å². The fraction of sp³-hybridized carbons (Fsp3) is 0.917. The Kier molecular flexibility index (Phi) is 5.76. The number of hydrogen-bond donors (Lipinski definition) is 2. The minimum atomic E-state index is -0.431. The van der Waals surface area contributed by atoms with Gasteiger partial charge < -0.3 is 11.1 Å². The molecule has 3 N–H and O–H groups in total. The molecule has 0 unspecified atom stereocenters. The lowest BCUT2D eigenvalue weighted by atomic mass is 9.87. The van der Waals surface area contributed by atoms with E-state index in [2.05, 4.69) is 10.2 Å². The van der Waals surface area contributed by atoms with Gasteiger partial charge in [0, 0.05) is 37.7 Å². The number of nitrogens with zero attached hydrogens (tertiary/aromatic N) is 1. The van der Waals surface area contributed by atoms with Gasteiger partial charge in [0.2, 0.25) is 5.91 Å². The Morgan fingerprint density at radius 3 is 2.53 bits per heavy atom. The number of carbonyl (C=O) groups is 1. The SMILES string of the molecule is CC(C)(C)[C@@H](N)C(=O)NCCN1CCSCC1. The van der Waals surface area contributed by atoms with Crippen LogP contribution in [0.25, 0.3) is 0 Å². The molecule has 0 aromatic rings. The maximum absolute atomic E-state index is 11.8. The number of thioether (sulfide) groups is 1. The summed E-state index contributed by atoms with van der Waals surface area (Å²) in [7, 11) is 0. The van der Waals surface area contributed by atoms with Gasteiger partial charge in [-0.1, -0.05) is 20.8 Å². The van der Waals surface area contributed by atoms with Crippen molar-refractivity contribution in [1.82, 2.24) is 10.2 Å². The first-order valence-corrected chi connectivity index (χ1v) is 7.40. The molecule has 1 amide bonds. The van der Waals surface area contributed by atoms with Crippen LogP contribution in [-0.2, 0) is 4.79 Å². The Morgan fingerprint density at radius 1 is 1.41 bits per heavy atom. The van der Waals surface area contributed by atoms with E-state index in [0.717, 1.165) is 19.6 Å². The molecule has 1 saturated heterocycles. The third-order valence-corrected chi connectivity index (χ3v) is 3.99. The molecule has 0 bridgehead atoms. The van der Waals surface area contributed by atoms with Crippen molar-refractivity contribution in [2.75, 3.05) is 37.7 Å². The fourth-order valence-corrected chi connectivity index (χ4v) is 2.64. The fourth-order valence-electron chi connectivity index (χ4n) is 1.67. The highest BCUT2D eigenvalue weighted by Gasteiger charge is 2.27. The number of nitrogens with two attached hydrogens (primary N) is 1. The highest BCUT2D eigenvalue weighted by molar-refractivity contribution is 7.99. The average Bonchev–Trinajstić information content (AvgIpc) is 2.28. The Hall–Kier alpha value is -0.260. The van der Waals surface area contributed by atoms with Crippen molar-refractivity contribution in [2.24, 2.45) is 11.1 Å². The van der Waals surface area contributed by atoms with E-state index in [9.17, 15) is 4.79 Å². The molecule has 0 aliphatic carbocycles. The predicted molar refractivity (Wildman–Crippen MR) is 74.2 cm³/mol. The maximum Gasteiger partial charge on any atom is 0.237 e. The van der Waals surface area contributed by atoms with Crippen molar-refractivity contribution in [1.29, 1.82) is 0 Å². The summed E-state index contributed by atoms with van der Waals surface area (Å²) >= 11 is 2.00. The van der Waals surface area contributed by atoms with E-state index in [0.29, 0.717) is 6.54 Å². The number of nitrogens with one attached hydrogen (secondary N) is 1. The van der Waals surface area contributed by atoms with Crippen LogP contribution in [-0.4, -0.2) is 54.5 Å². The van der Waals surface area contributed by atoms with Gasteiger partial charge in [0.1, 0.15) is 0 Å². The summed E-state index contributed by atoms with van der Waals surface area (Å²) in [6.45, 7) is 9.85. The molecule has 1 aliphatic rings. The summed E-state index contributed by atoms with van der Waals surface area (Å²) in [6.07, 6.45) is 0. The molecule has 0 aromatic carbocycles. The molecular weight excluding hydrogens is 234 g/mol.